The Morgan fingerprint density at radius 3 is 2.67 bits per heavy atom. The Morgan fingerprint density at radius 1 is 1.39 bits per heavy atom. The molecule has 0 aliphatic heterocycles. The van der Waals surface area contributed by atoms with Crippen molar-refractivity contribution in [1.82, 2.24) is 5.43 Å². The molecule has 0 spiro atoms. The highest BCUT2D eigenvalue weighted by molar-refractivity contribution is 5.19. The lowest BCUT2D eigenvalue weighted by atomic mass is 9.93. The van der Waals surface area contributed by atoms with E-state index in [-0.39, 0.29) is 12.0 Å². The first-order chi connectivity index (χ1) is 8.58. The number of methoxy groups -OCH3 is 1. The van der Waals surface area contributed by atoms with Crippen LogP contribution in [0.25, 0.3) is 0 Å². The summed E-state index contributed by atoms with van der Waals surface area (Å²) < 4.78 is 31.3. The van der Waals surface area contributed by atoms with Crippen LogP contribution in [-0.4, -0.2) is 19.8 Å². The first-order valence-electron chi connectivity index (χ1n) is 5.97. The van der Waals surface area contributed by atoms with Gasteiger partial charge in [0.15, 0.2) is 0 Å². The number of hydrogen-bond acceptors (Lipinski definition) is 3. The van der Waals surface area contributed by atoms with E-state index < -0.39 is 11.6 Å². The number of nitrogens with two attached hydrogens (primary N) is 1. The van der Waals surface area contributed by atoms with Crippen molar-refractivity contribution in [2.45, 2.75) is 25.8 Å². The molecule has 0 aliphatic rings. The van der Waals surface area contributed by atoms with Crippen LogP contribution in [0.15, 0.2) is 18.2 Å². The van der Waals surface area contributed by atoms with Crippen molar-refractivity contribution in [3.8, 4) is 0 Å². The molecule has 18 heavy (non-hydrogen) atoms. The maximum atomic E-state index is 13.5. The van der Waals surface area contributed by atoms with Gasteiger partial charge in [0.25, 0.3) is 0 Å². The number of hydrazine groups is 1. The highest BCUT2D eigenvalue weighted by Crippen LogP contribution is 2.16. The summed E-state index contributed by atoms with van der Waals surface area (Å²) in [5.41, 5.74) is 3.15. The van der Waals surface area contributed by atoms with E-state index in [2.05, 4.69) is 5.43 Å². The van der Waals surface area contributed by atoms with Gasteiger partial charge in [0.2, 0.25) is 0 Å². The van der Waals surface area contributed by atoms with Crippen molar-refractivity contribution >= 4 is 0 Å². The highest BCUT2D eigenvalue weighted by atomic mass is 19.1. The van der Waals surface area contributed by atoms with Crippen LogP contribution < -0.4 is 11.3 Å². The second kappa shape index (κ2) is 7.41. The van der Waals surface area contributed by atoms with Crippen LogP contribution >= 0.6 is 0 Å². The smallest absolute Gasteiger partial charge is 0.129 e. The van der Waals surface area contributed by atoms with Gasteiger partial charge in [-0.25, -0.2) is 8.78 Å². The largest absolute Gasteiger partial charge is 0.385 e. The molecule has 2 atom stereocenters. The molecule has 102 valence electrons. The number of hydrogen-bond donors (Lipinski definition) is 2. The van der Waals surface area contributed by atoms with Crippen LogP contribution in [0, 0.1) is 17.6 Å². The fourth-order valence-corrected chi connectivity index (χ4v) is 1.85. The fraction of sp³-hybridized carbons (Fsp3) is 0.538. The quantitative estimate of drug-likeness (QED) is 0.581. The SMILES string of the molecule is COCCC(C)C(Cc1ccc(F)cc1F)NN. The first-order valence-corrected chi connectivity index (χ1v) is 5.97. The monoisotopic (exact) mass is 258 g/mol. The molecule has 1 aromatic rings. The predicted octanol–water partition coefficient (Wildman–Crippen LogP) is 2.01. The minimum atomic E-state index is -0.569. The van der Waals surface area contributed by atoms with E-state index >= 15 is 0 Å². The molecule has 0 heterocycles. The molecule has 3 N–H and O–H groups in total. The fourth-order valence-electron chi connectivity index (χ4n) is 1.85. The number of benzene rings is 1. The van der Waals surface area contributed by atoms with Gasteiger partial charge in [-0.05, 0) is 30.4 Å². The number of rotatable bonds is 7. The zero-order valence-electron chi connectivity index (χ0n) is 10.7. The molecule has 1 aromatic carbocycles. The lowest BCUT2D eigenvalue weighted by molar-refractivity contribution is 0.170. The summed E-state index contributed by atoms with van der Waals surface area (Å²) in [6.45, 7) is 2.65. The molecule has 0 radical (unpaired) electrons. The third kappa shape index (κ3) is 4.33. The molecule has 0 bridgehead atoms. The minimum Gasteiger partial charge on any atom is -0.385 e. The van der Waals surface area contributed by atoms with Crippen LogP contribution in [0.1, 0.15) is 18.9 Å². The molecule has 0 aliphatic carbocycles. The Bertz CT molecular complexity index is 374. The molecule has 0 amide bonds. The maximum absolute atomic E-state index is 13.5. The van der Waals surface area contributed by atoms with E-state index in [1.165, 1.54) is 12.1 Å². The second-order valence-corrected chi connectivity index (χ2v) is 4.47. The van der Waals surface area contributed by atoms with E-state index in [0.29, 0.717) is 18.6 Å². The average Bonchev–Trinajstić information content (AvgIpc) is 2.35. The van der Waals surface area contributed by atoms with Gasteiger partial charge >= 0.3 is 0 Å². The zero-order valence-corrected chi connectivity index (χ0v) is 10.7. The minimum absolute atomic E-state index is 0.0693. The third-order valence-electron chi connectivity index (χ3n) is 3.13. The van der Waals surface area contributed by atoms with E-state index in [9.17, 15) is 8.78 Å². The number of ether oxygens (including phenoxy) is 1. The van der Waals surface area contributed by atoms with Crippen LogP contribution in [0.4, 0.5) is 8.78 Å². The van der Waals surface area contributed by atoms with Crippen LogP contribution in [-0.2, 0) is 11.2 Å². The van der Waals surface area contributed by atoms with Gasteiger partial charge in [0.1, 0.15) is 11.6 Å². The highest BCUT2D eigenvalue weighted by Gasteiger charge is 2.18. The Labute approximate surface area is 106 Å². The summed E-state index contributed by atoms with van der Waals surface area (Å²) in [5.74, 6) is 4.62. The summed E-state index contributed by atoms with van der Waals surface area (Å²) in [6.07, 6.45) is 1.25. The molecule has 1 rings (SSSR count). The Hall–Kier alpha value is -1.04. The lowest BCUT2D eigenvalue weighted by Crippen LogP contribution is -2.42. The Morgan fingerprint density at radius 2 is 2.11 bits per heavy atom. The maximum Gasteiger partial charge on any atom is 0.129 e. The molecule has 0 saturated heterocycles. The average molecular weight is 258 g/mol. The summed E-state index contributed by atoms with van der Waals surface area (Å²) in [7, 11) is 1.64. The number of halogens is 2. The van der Waals surface area contributed by atoms with Crippen LogP contribution in [0.5, 0.6) is 0 Å². The van der Waals surface area contributed by atoms with Crippen molar-refractivity contribution in [3.05, 3.63) is 35.4 Å². The van der Waals surface area contributed by atoms with Gasteiger partial charge in [-0.3, -0.25) is 11.3 Å². The van der Waals surface area contributed by atoms with Crippen molar-refractivity contribution in [3.63, 3.8) is 0 Å². The van der Waals surface area contributed by atoms with Crippen molar-refractivity contribution in [1.29, 1.82) is 0 Å². The lowest BCUT2D eigenvalue weighted by Gasteiger charge is -2.23. The molecule has 2 unspecified atom stereocenters. The van der Waals surface area contributed by atoms with E-state index in [1.807, 2.05) is 6.92 Å². The first kappa shape index (κ1) is 15.0. The van der Waals surface area contributed by atoms with Gasteiger partial charge in [0, 0.05) is 25.8 Å². The summed E-state index contributed by atoms with van der Waals surface area (Å²) in [5, 5.41) is 0. The van der Waals surface area contributed by atoms with Gasteiger partial charge in [-0.15, -0.1) is 0 Å². The molecule has 5 heteroatoms. The molecular formula is C13H20F2N2O. The van der Waals surface area contributed by atoms with E-state index in [4.69, 9.17) is 10.6 Å². The standard InChI is InChI=1S/C13H20F2N2O/c1-9(5-6-18-2)13(17-16)7-10-3-4-11(14)8-12(10)15/h3-4,8-9,13,17H,5-7,16H2,1-2H3. The summed E-state index contributed by atoms with van der Waals surface area (Å²) in [4.78, 5) is 0. The normalized spacial score (nSPS) is 14.5. The Balaban J connectivity index is 2.67. The van der Waals surface area contributed by atoms with Gasteiger partial charge < -0.3 is 4.74 Å². The van der Waals surface area contributed by atoms with Crippen molar-refractivity contribution in [2.75, 3.05) is 13.7 Å². The third-order valence-corrected chi connectivity index (χ3v) is 3.13. The Kier molecular flexibility index (Phi) is 6.18. The van der Waals surface area contributed by atoms with E-state index in [0.717, 1.165) is 12.5 Å². The van der Waals surface area contributed by atoms with Crippen molar-refractivity contribution in [2.24, 2.45) is 11.8 Å². The molecule has 0 fully saturated rings. The molecule has 0 saturated carbocycles. The topological polar surface area (TPSA) is 47.3 Å². The summed E-state index contributed by atoms with van der Waals surface area (Å²) in [6, 6.07) is 3.53. The van der Waals surface area contributed by atoms with E-state index in [1.54, 1.807) is 7.11 Å². The van der Waals surface area contributed by atoms with Crippen molar-refractivity contribution < 1.29 is 13.5 Å². The second-order valence-electron chi connectivity index (χ2n) is 4.47. The van der Waals surface area contributed by atoms with Gasteiger partial charge in [-0.2, -0.15) is 0 Å². The predicted molar refractivity (Wildman–Crippen MR) is 66.8 cm³/mol. The molecular weight excluding hydrogens is 238 g/mol. The van der Waals surface area contributed by atoms with Gasteiger partial charge in [-0.1, -0.05) is 13.0 Å². The van der Waals surface area contributed by atoms with Gasteiger partial charge in [0.05, 0.1) is 0 Å². The molecule has 3 nitrogen and oxygen atoms in total. The number of nitrogens with one attached hydrogen (secondary N) is 1. The molecule has 0 aromatic heterocycles. The summed E-state index contributed by atoms with van der Waals surface area (Å²) >= 11 is 0. The van der Waals surface area contributed by atoms with Crippen LogP contribution in [0.2, 0.25) is 0 Å². The zero-order chi connectivity index (χ0) is 13.5. The van der Waals surface area contributed by atoms with Crippen LogP contribution in [0.3, 0.4) is 0 Å².